The first-order chi connectivity index (χ1) is 15.4. The van der Waals surface area contributed by atoms with E-state index in [1.165, 1.54) is 50.5 Å². The molecule has 33 heavy (non-hydrogen) atoms. The summed E-state index contributed by atoms with van der Waals surface area (Å²) in [6.07, 6.45) is 13.9. The van der Waals surface area contributed by atoms with Gasteiger partial charge in [0.1, 0.15) is 0 Å². The van der Waals surface area contributed by atoms with Gasteiger partial charge < -0.3 is 10.3 Å². The minimum atomic E-state index is -0.158. The molecule has 0 bridgehead atoms. The topological polar surface area (TPSA) is 52.8 Å². The second-order valence-corrected chi connectivity index (χ2v) is 14.5. The van der Waals surface area contributed by atoms with Crippen molar-refractivity contribution in [3.63, 3.8) is 0 Å². The fraction of sp³-hybridized carbons (Fsp3) is 0.900. The van der Waals surface area contributed by atoms with Crippen LogP contribution < -0.4 is 0 Å². The van der Waals surface area contributed by atoms with Gasteiger partial charge in [0.05, 0.1) is 12.3 Å². The molecule has 5 rings (SSSR count). The Bertz CT molecular complexity index is 848. The molecule has 0 saturated heterocycles. The number of allylic oxidation sites excluding steroid dienone is 1. The van der Waals surface area contributed by atoms with E-state index in [2.05, 4.69) is 53.3 Å². The third-order valence-electron chi connectivity index (χ3n) is 13.4. The molecule has 5 aliphatic rings. The summed E-state index contributed by atoms with van der Waals surface area (Å²) in [6.45, 7) is 19.3. The molecule has 2 N–H and O–H groups in total. The Morgan fingerprint density at radius 3 is 2.24 bits per heavy atom. The predicted octanol–water partition coefficient (Wildman–Crippen LogP) is 7.46. The van der Waals surface area contributed by atoms with E-state index in [4.69, 9.17) is 0 Å². The lowest BCUT2D eigenvalue weighted by molar-refractivity contribution is -0.243. The summed E-state index contributed by atoms with van der Waals surface area (Å²) >= 11 is 0. The molecule has 0 aliphatic heterocycles. The van der Waals surface area contributed by atoms with Gasteiger partial charge in [0, 0.05) is 5.41 Å². The number of hydrogen-bond donors (Lipinski definition) is 2. The monoisotopic (exact) mass is 455 g/mol. The highest BCUT2D eigenvalue weighted by atomic mass is 16.4. The van der Waals surface area contributed by atoms with E-state index in [0.29, 0.717) is 39.9 Å². The highest BCUT2D eigenvalue weighted by Crippen LogP contribution is 2.77. The number of rotatable bonds is 2. The molecule has 186 valence electrons. The van der Waals surface area contributed by atoms with Crippen LogP contribution in [0.15, 0.2) is 17.3 Å². The molecular weight excluding hydrogens is 406 g/mol. The molecule has 3 nitrogen and oxygen atoms in total. The van der Waals surface area contributed by atoms with Crippen molar-refractivity contribution in [1.82, 2.24) is 0 Å². The minimum Gasteiger partial charge on any atom is -0.411 e. The zero-order valence-corrected chi connectivity index (χ0v) is 22.2. The molecule has 0 amide bonds. The SMILES string of the molecule is C=C(C)[C@@H]1CC[C@@]2(/C=N/O)CC[C@]3(C)[C@@H](CC[C@@H]4[C@@]5(C)CC[C@H](O)C(C)(C)[C@@H]5CC[C@]43C)[C@@H]12. The fourth-order valence-electron chi connectivity index (χ4n) is 11.5. The minimum absolute atomic E-state index is 0.0158. The zero-order valence-electron chi connectivity index (χ0n) is 22.2. The molecule has 0 spiro atoms. The van der Waals surface area contributed by atoms with E-state index >= 15 is 0 Å². The van der Waals surface area contributed by atoms with Crippen LogP contribution in [0.5, 0.6) is 0 Å². The maximum absolute atomic E-state index is 10.9. The van der Waals surface area contributed by atoms with Gasteiger partial charge in [-0.2, -0.15) is 0 Å². The Balaban J connectivity index is 1.56. The molecule has 10 atom stereocenters. The molecule has 5 saturated carbocycles. The largest absolute Gasteiger partial charge is 0.411 e. The summed E-state index contributed by atoms with van der Waals surface area (Å²) in [5.74, 6) is 3.16. The van der Waals surface area contributed by atoms with Crippen molar-refractivity contribution in [3.05, 3.63) is 12.2 Å². The number of hydrogen-bond acceptors (Lipinski definition) is 3. The Kier molecular flexibility index (Phi) is 5.31. The van der Waals surface area contributed by atoms with Crippen molar-refractivity contribution in [1.29, 1.82) is 0 Å². The standard InChI is InChI=1S/C30H49NO2/c1-19(2)20-10-15-30(18-31-33)17-16-28(6)21(25(20)30)8-9-23-27(5)13-12-24(32)26(3,4)22(27)11-14-29(23,28)7/h18,20-25,32-33H,1,8-17H2,2-7H3/b31-18+/t20-,21-,22-,23+,24-,25+,27-,28+,29+,30-/m0/s1. The van der Waals surface area contributed by atoms with Crippen LogP contribution in [0.3, 0.4) is 0 Å². The molecule has 0 radical (unpaired) electrons. The van der Waals surface area contributed by atoms with Crippen LogP contribution >= 0.6 is 0 Å². The van der Waals surface area contributed by atoms with E-state index in [1.807, 2.05) is 6.21 Å². The molecule has 0 aromatic heterocycles. The first-order valence-corrected chi connectivity index (χ1v) is 13.9. The Morgan fingerprint density at radius 1 is 0.848 bits per heavy atom. The van der Waals surface area contributed by atoms with Crippen molar-refractivity contribution >= 4 is 6.21 Å². The average molecular weight is 456 g/mol. The third-order valence-corrected chi connectivity index (χ3v) is 13.4. The van der Waals surface area contributed by atoms with Gasteiger partial charge in [-0.15, -0.1) is 5.16 Å². The highest BCUT2D eigenvalue weighted by Gasteiger charge is 2.70. The first-order valence-electron chi connectivity index (χ1n) is 13.9. The van der Waals surface area contributed by atoms with Gasteiger partial charge in [-0.05, 0) is 122 Å². The quantitative estimate of drug-likeness (QED) is 0.196. The molecule has 0 heterocycles. The molecule has 5 fully saturated rings. The summed E-state index contributed by atoms with van der Waals surface area (Å²) in [4.78, 5) is 0. The van der Waals surface area contributed by atoms with E-state index < -0.39 is 0 Å². The molecule has 0 aromatic rings. The van der Waals surface area contributed by atoms with Crippen molar-refractivity contribution < 1.29 is 10.3 Å². The summed E-state index contributed by atoms with van der Waals surface area (Å²) in [5.41, 5.74) is 2.40. The molecule has 3 heteroatoms. The van der Waals surface area contributed by atoms with Gasteiger partial charge in [0.2, 0.25) is 0 Å². The number of aliphatic hydroxyl groups excluding tert-OH is 1. The van der Waals surface area contributed by atoms with E-state index in [-0.39, 0.29) is 16.9 Å². The zero-order chi connectivity index (χ0) is 24.0. The van der Waals surface area contributed by atoms with E-state index in [1.54, 1.807) is 0 Å². The molecular formula is C30H49NO2. The second-order valence-electron chi connectivity index (χ2n) is 14.5. The van der Waals surface area contributed by atoms with Crippen molar-refractivity contribution in [2.45, 2.75) is 112 Å². The van der Waals surface area contributed by atoms with Crippen LogP contribution in [0.25, 0.3) is 0 Å². The molecule has 0 unspecified atom stereocenters. The summed E-state index contributed by atoms with van der Waals surface area (Å²) in [5, 5.41) is 24.2. The van der Waals surface area contributed by atoms with Crippen molar-refractivity contribution in [2.75, 3.05) is 0 Å². The summed E-state index contributed by atoms with van der Waals surface area (Å²) in [7, 11) is 0. The van der Waals surface area contributed by atoms with Crippen LogP contribution in [0.4, 0.5) is 0 Å². The normalized spacial score (nSPS) is 55.4. The van der Waals surface area contributed by atoms with Gasteiger partial charge >= 0.3 is 0 Å². The van der Waals surface area contributed by atoms with E-state index in [0.717, 1.165) is 25.2 Å². The molecule has 5 aliphatic carbocycles. The van der Waals surface area contributed by atoms with Gasteiger partial charge in [-0.3, -0.25) is 0 Å². The second kappa shape index (κ2) is 7.34. The third kappa shape index (κ3) is 2.87. The fourth-order valence-corrected chi connectivity index (χ4v) is 11.5. The van der Waals surface area contributed by atoms with E-state index in [9.17, 15) is 10.3 Å². The lowest BCUT2D eigenvalue weighted by Gasteiger charge is -2.72. The van der Waals surface area contributed by atoms with Crippen LogP contribution in [0.2, 0.25) is 0 Å². The predicted molar refractivity (Wildman–Crippen MR) is 135 cm³/mol. The van der Waals surface area contributed by atoms with Crippen molar-refractivity contribution in [2.24, 2.45) is 61.8 Å². The average Bonchev–Trinajstić information content (AvgIpc) is 3.12. The number of fused-ring (bicyclic) bond motifs is 7. The van der Waals surface area contributed by atoms with Crippen molar-refractivity contribution in [3.8, 4) is 0 Å². The number of nitrogens with zero attached hydrogens (tertiary/aromatic N) is 1. The van der Waals surface area contributed by atoms with Crippen LogP contribution in [0, 0.1) is 56.7 Å². The van der Waals surface area contributed by atoms with Crippen LogP contribution in [-0.4, -0.2) is 22.6 Å². The highest BCUT2D eigenvalue weighted by molar-refractivity contribution is 5.67. The Hall–Kier alpha value is -0.830. The van der Waals surface area contributed by atoms with Gasteiger partial charge in [-0.1, -0.05) is 46.8 Å². The van der Waals surface area contributed by atoms with Gasteiger partial charge in [0.15, 0.2) is 0 Å². The summed E-state index contributed by atoms with van der Waals surface area (Å²) in [6, 6.07) is 0. The molecule has 0 aromatic carbocycles. The number of aliphatic hydroxyl groups is 1. The smallest absolute Gasteiger partial charge is 0.0594 e. The first kappa shape index (κ1) is 23.9. The lowest BCUT2D eigenvalue weighted by Crippen LogP contribution is -2.66. The Morgan fingerprint density at radius 2 is 1.58 bits per heavy atom. The van der Waals surface area contributed by atoms with Crippen LogP contribution in [-0.2, 0) is 0 Å². The number of oxime groups is 1. The maximum Gasteiger partial charge on any atom is 0.0594 e. The summed E-state index contributed by atoms with van der Waals surface area (Å²) < 4.78 is 0. The van der Waals surface area contributed by atoms with Crippen LogP contribution in [0.1, 0.15) is 106 Å². The van der Waals surface area contributed by atoms with Gasteiger partial charge in [-0.25, -0.2) is 0 Å². The lowest BCUT2D eigenvalue weighted by atomic mass is 9.32. The Labute approximate surface area is 202 Å². The maximum atomic E-state index is 10.9. The van der Waals surface area contributed by atoms with Gasteiger partial charge in [0.25, 0.3) is 0 Å².